The van der Waals surface area contributed by atoms with Gasteiger partial charge in [0.15, 0.2) is 0 Å². The molecule has 0 heterocycles. The van der Waals surface area contributed by atoms with Gasteiger partial charge in [0.25, 0.3) is 0 Å². The van der Waals surface area contributed by atoms with Crippen LogP contribution in [-0.4, -0.2) is 14.3 Å². The van der Waals surface area contributed by atoms with E-state index in [9.17, 15) is 8.42 Å². The lowest BCUT2D eigenvalue weighted by Crippen LogP contribution is -2.11. The number of rotatable bonds is 3. The maximum absolute atomic E-state index is 12.3. The van der Waals surface area contributed by atoms with Crippen molar-refractivity contribution in [2.75, 3.05) is 0 Å². The third-order valence-electron chi connectivity index (χ3n) is 2.81. The highest BCUT2D eigenvalue weighted by atomic mass is 32.2. The normalized spacial score (nSPS) is 11.2. The molecule has 2 aromatic rings. The minimum Gasteiger partial charge on any atom is -0.384 e. The quantitative estimate of drug-likeness (QED) is 0.664. The van der Waals surface area contributed by atoms with Gasteiger partial charge < -0.3 is 5.73 Å². The van der Waals surface area contributed by atoms with Crippen molar-refractivity contribution in [3.63, 3.8) is 0 Å². The zero-order chi connectivity index (χ0) is 14.0. The molecule has 0 saturated heterocycles. The van der Waals surface area contributed by atoms with Crippen LogP contribution in [0.2, 0.25) is 0 Å². The van der Waals surface area contributed by atoms with Crippen molar-refractivity contribution in [2.45, 2.75) is 16.7 Å². The lowest BCUT2D eigenvalue weighted by Gasteiger charge is -2.06. The van der Waals surface area contributed by atoms with Gasteiger partial charge in [0, 0.05) is 5.56 Å². The fourth-order valence-electron chi connectivity index (χ4n) is 1.67. The molecule has 4 nitrogen and oxygen atoms in total. The zero-order valence-electron chi connectivity index (χ0n) is 10.4. The molecule has 2 rings (SSSR count). The Morgan fingerprint density at radius 2 is 1.37 bits per heavy atom. The van der Waals surface area contributed by atoms with E-state index >= 15 is 0 Å². The predicted molar refractivity (Wildman–Crippen MR) is 74.1 cm³/mol. The van der Waals surface area contributed by atoms with Crippen LogP contribution < -0.4 is 5.73 Å². The summed E-state index contributed by atoms with van der Waals surface area (Å²) in [5.74, 6) is -0.0840. The summed E-state index contributed by atoms with van der Waals surface area (Å²) in [6.07, 6.45) is 0. The van der Waals surface area contributed by atoms with Crippen molar-refractivity contribution >= 4 is 15.7 Å². The topological polar surface area (TPSA) is 84.0 Å². The van der Waals surface area contributed by atoms with E-state index in [1.54, 1.807) is 24.3 Å². The molecular weight excluding hydrogens is 260 g/mol. The number of amidine groups is 1. The van der Waals surface area contributed by atoms with Crippen molar-refractivity contribution < 1.29 is 8.42 Å². The molecule has 0 fully saturated rings. The van der Waals surface area contributed by atoms with E-state index in [4.69, 9.17) is 11.1 Å². The number of hydrogen-bond donors (Lipinski definition) is 2. The van der Waals surface area contributed by atoms with Crippen molar-refractivity contribution in [3.8, 4) is 0 Å². The summed E-state index contributed by atoms with van der Waals surface area (Å²) in [7, 11) is -3.51. The lowest BCUT2D eigenvalue weighted by atomic mass is 10.2. The number of nitrogens with one attached hydrogen (secondary N) is 1. The summed E-state index contributed by atoms with van der Waals surface area (Å²) < 4.78 is 24.7. The van der Waals surface area contributed by atoms with Crippen molar-refractivity contribution in [1.29, 1.82) is 5.41 Å². The van der Waals surface area contributed by atoms with E-state index in [-0.39, 0.29) is 15.6 Å². The molecule has 0 amide bonds. The third-order valence-corrected chi connectivity index (χ3v) is 4.59. The number of aryl methyl sites for hydroxylation is 1. The lowest BCUT2D eigenvalue weighted by molar-refractivity contribution is 0.596. The second-order valence-electron chi connectivity index (χ2n) is 4.25. The summed E-state index contributed by atoms with van der Waals surface area (Å²) in [6.45, 7) is 1.90. The van der Waals surface area contributed by atoms with E-state index < -0.39 is 9.84 Å². The van der Waals surface area contributed by atoms with Gasteiger partial charge in [-0.2, -0.15) is 0 Å². The van der Waals surface area contributed by atoms with Gasteiger partial charge in [0.2, 0.25) is 9.84 Å². The molecule has 0 spiro atoms. The van der Waals surface area contributed by atoms with Gasteiger partial charge in [-0.15, -0.1) is 0 Å². The Morgan fingerprint density at radius 3 is 1.79 bits per heavy atom. The van der Waals surface area contributed by atoms with Crippen molar-refractivity contribution in [2.24, 2.45) is 5.73 Å². The molecule has 0 bridgehead atoms. The minimum atomic E-state index is -3.51. The van der Waals surface area contributed by atoms with Crippen LogP contribution in [0, 0.1) is 12.3 Å². The van der Waals surface area contributed by atoms with E-state index in [1.165, 1.54) is 24.3 Å². The molecule has 0 atom stereocenters. The molecule has 5 heteroatoms. The maximum atomic E-state index is 12.3. The van der Waals surface area contributed by atoms with Gasteiger partial charge in [0.05, 0.1) is 9.79 Å². The SMILES string of the molecule is Cc1ccc(S(=O)(=O)c2ccc(C(=N)N)cc2)cc1. The van der Waals surface area contributed by atoms with E-state index in [1.807, 2.05) is 6.92 Å². The van der Waals surface area contributed by atoms with E-state index in [0.29, 0.717) is 5.56 Å². The first-order chi connectivity index (χ1) is 8.91. The largest absolute Gasteiger partial charge is 0.384 e. The molecule has 3 N–H and O–H groups in total. The standard InChI is InChI=1S/C14H14N2O2S/c1-10-2-6-12(7-3-10)19(17,18)13-8-4-11(5-9-13)14(15)16/h2-9H,1H3,(H3,15,16). The fraction of sp³-hybridized carbons (Fsp3) is 0.0714. The number of hydrogen-bond acceptors (Lipinski definition) is 3. The molecule has 98 valence electrons. The average molecular weight is 274 g/mol. The molecule has 0 aliphatic carbocycles. The number of nitrogens with two attached hydrogens (primary N) is 1. The highest BCUT2D eigenvalue weighted by molar-refractivity contribution is 7.91. The van der Waals surface area contributed by atoms with Crippen LogP contribution in [0.15, 0.2) is 58.3 Å². The Labute approximate surface area is 112 Å². The zero-order valence-corrected chi connectivity index (χ0v) is 11.2. The molecule has 2 aromatic carbocycles. The molecule has 0 aromatic heterocycles. The Kier molecular flexibility index (Phi) is 3.40. The van der Waals surface area contributed by atoms with Gasteiger partial charge in [-0.25, -0.2) is 8.42 Å². The summed E-state index contributed by atoms with van der Waals surface area (Å²) in [4.78, 5) is 0.454. The second kappa shape index (κ2) is 4.85. The predicted octanol–water partition coefficient (Wildman–Crippen LogP) is 2.11. The van der Waals surface area contributed by atoms with Crippen LogP contribution in [0.5, 0.6) is 0 Å². The first kappa shape index (κ1) is 13.3. The summed E-state index contributed by atoms with van der Waals surface area (Å²) >= 11 is 0. The van der Waals surface area contributed by atoms with Crippen molar-refractivity contribution in [3.05, 3.63) is 59.7 Å². The highest BCUT2D eigenvalue weighted by Gasteiger charge is 2.17. The molecule has 0 saturated carbocycles. The van der Waals surface area contributed by atoms with Gasteiger partial charge in [0.1, 0.15) is 5.84 Å². The Balaban J connectivity index is 2.44. The Bertz CT molecular complexity index is 702. The number of nitrogen functional groups attached to an aromatic ring is 1. The number of benzene rings is 2. The van der Waals surface area contributed by atoms with Gasteiger partial charge in [-0.1, -0.05) is 17.7 Å². The average Bonchev–Trinajstić information content (AvgIpc) is 2.39. The molecule has 0 radical (unpaired) electrons. The molecular formula is C14H14N2O2S. The van der Waals surface area contributed by atoms with Crippen LogP contribution in [0.4, 0.5) is 0 Å². The van der Waals surface area contributed by atoms with Gasteiger partial charge in [-0.3, -0.25) is 5.41 Å². The molecule has 19 heavy (non-hydrogen) atoms. The Morgan fingerprint density at radius 1 is 0.947 bits per heavy atom. The molecule has 0 aliphatic rings. The summed E-state index contributed by atoms with van der Waals surface area (Å²) in [6, 6.07) is 12.7. The third kappa shape index (κ3) is 2.66. The first-order valence-electron chi connectivity index (χ1n) is 5.67. The fourth-order valence-corrected chi connectivity index (χ4v) is 2.93. The monoisotopic (exact) mass is 274 g/mol. The molecule has 0 aliphatic heterocycles. The van der Waals surface area contributed by atoms with Crippen LogP contribution in [0.1, 0.15) is 11.1 Å². The first-order valence-corrected chi connectivity index (χ1v) is 7.16. The van der Waals surface area contributed by atoms with Crippen LogP contribution >= 0.6 is 0 Å². The van der Waals surface area contributed by atoms with Crippen LogP contribution in [0.25, 0.3) is 0 Å². The smallest absolute Gasteiger partial charge is 0.206 e. The van der Waals surface area contributed by atoms with Crippen molar-refractivity contribution in [1.82, 2.24) is 0 Å². The summed E-state index contributed by atoms with van der Waals surface area (Å²) in [5.41, 5.74) is 6.84. The van der Waals surface area contributed by atoms with Crippen LogP contribution in [0.3, 0.4) is 0 Å². The molecule has 0 unspecified atom stereocenters. The highest BCUT2D eigenvalue weighted by Crippen LogP contribution is 2.21. The van der Waals surface area contributed by atoms with Gasteiger partial charge >= 0.3 is 0 Å². The Hall–Kier alpha value is -2.14. The van der Waals surface area contributed by atoms with E-state index in [2.05, 4.69) is 0 Å². The summed E-state index contributed by atoms with van der Waals surface area (Å²) in [5, 5.41) is 7.28. The maximum Gasteiger partial charge on any atom is 0.206 e. The van der Waals surface area contributed by atoms with Gasteiger partial charge in [-0.05, 0) is 43.3 Å². The van der Waals surface area contributed by atoms with Crippen LogP contribution in [-0.2, 0) is 9.84 Å². The number of sulfone groups is 1. The minimum absolute atomic E-state index is 0.0840. The second-order valence-corrected chi connectivity index (χ2v) is 6.20. The van der Waals surface area contributed by atoms with E-state index in [0.717, 1.165) is 5.56 Å².